The minimum absolute atomic E-state index is 0.318. The Kier molecular flexibility index (Phi) is 4.52. The van der Waals surface area contributed by atoms with Gasteiger partial charge in [-0.15, -0.1) is 0 Å². The summed E-state index contributed by atoms with van der Waals surface area (Å²) in [6, 6.07) is 13.3. The summed E-state index contributed by atoms with van der Waals surface area (Å²) >= 11 is 0. The lowest BCUT2D eigenvalue weighted by atomic mass is 10.1. The predicted molar refractivity (Wildman–Crippen MR) is 94.0 cm³/mol. The van der Waals surface area contributed by atoms with E-state index in [4.69, 9.17) is 0 Å². The maximum absolute atomic E-state index is 12.5. The molecule has 1 heterocycles. The smallest absolute Gasteiger partial charge is 0.324 e. The fourth-order valence-corrected chi connectivity index (χ4v) is 2.83. The Balaban J connectivity index is 1.69. The number of benzene rings is 2. The Bertz CT molecular complexity index is 833. The van der Waals surface area contributed by atoms with Crippen molar-refractivity contribution in [3.8, 4) is 0 Å². The molecule has 0 aromatic heterocycles. The monoisotopic (exact) mass is 337 g/mol. The van der Waals surface area contributed by atoms with Gasteiger partial charge in [0.2, 0.25) is 5.91 Å². The number of amides is 4. The van der Waals surface area contributed by atoms with Crippen LogP contribution in [0, 0.1) is 13.8 Å². The third kappa shape index (κ3) is 3.52. The van der Waals surface area contributed by atoms with Gasteiger partial charge in [-0.1, -0.05) is 48.0 Å². The predicted octanol–water partition coefficient (Wildman–Crippen LogP) is 2.54. The highest BCUT2D eigenvalue weighted by Crippen LogP contribution is 2.22. The van der Waals surface area contributed by atoms with Crippen LogP contribution in [0.1, 0.15) is 22.7 Å². The van der Waals surface area contributed by atoms with E-state index in [0.717, 1.165) is 16.0 Å². The van der Waals surface area contributed by atoms with E-state index in [1.165, 1.54) is 0 Å². The molecule has 0 bridgehead atoms. The molecule has 128 valence electrons. The maximum atomic E-state index is 12.5. The minimum atomic E-state index is -0.748. The molecule has 25 heavy (non-hydrogen) atoms. The number of rotatable bonds is 4. The van der Waals surface area contributed by atoms with Gasteiger partial charge in [0.25, 0.3) is 5.91 Å². The zero-order chi connectivity index (χ0) is 18.0. The normalized spacial score (nSPS) is 16.7. The van der Waals surface area contributed by atoms with E-state index in [0.29, 0.717) is 11.3 Å². The molecular weight excluding hydrogens is 318 g/mol. The van der Waals surface area contributed by atoms with Gasteiger partial charge in [-0.25, -0.2) is 4.79 Å². The van der Waals surface area contributed by atoms with E-state index in [-0.39, 0.29) is 6.54 Å². The van der Waals surface area contributed by atoms with Crippen LogP contribution in [0.15, 0.2) is 48.5 Å². The van der Waals surface area contributed by atoms with Crippen LogP contribution in [-0.4, -0.2) is 29.3 Å². The van der Waals surface area contributed by atoms with Crippen LogP contribution >= 0.6 is 0 Å². The second-order valence-corrected chi connectivity index (χ2v) is 6.08. The fraction of sp³-hybridized carbons (Fsp3) is 0.211. The summed E-state index contributed by atoms with van der Waals surface area (Å²) < 4.78 is 0. The molecule has 2 N–H and O–H groups in total. The SMILES string of the molecule is Cc1ccc(NC(=O)CN2C(=O)NC(c3ccccc3)C2=O)c(C)c1. The summed E-state index contributed by atoms with van der Waals surface area (Å²) in [7, 11) is 0. The van der Waals surface area contributed by atoms with Crippen molar-refractivity contribution in [3.63, 3.8) is 0 Å². The number of hydrogen-bond donors (Lipinski definition) is 2. The quantitative estimate of drug-likeness (QED) is 0.842. The van der Waals surface area contributed by atoms with E-state index in [1.54, 1.807) is 30.3 Å². The molecule has 0 saturated carbocycles. The molecule has 1 aliphatic rings. The first-order valence-corrected chi connectivity index (χ1v) is 7.99. The van der Waals surface area contributed by atoms with Gasteiger partial charge >= 0.3 is 6.03 Å². The number of imide groups is 1. The molecule has 4 amide bonds. The van der Waals surface area contributed by atoms with Crippen LogP contribution in [0.2, 0.25) is 0 Å². The molecule has 1 fully saturated rings. The number of carbonyl (C=O) groups is 3. The highest BCUT2D eigenvalue weighted by atomic mass is 16.2. The van der Waals surface area contributed by atoms with E-state index in [1.807, 2.05) is 32.0 Å². The Morgan fingerprint density at radius 2 is 1.84 bits per heavy atom. The van der Waals surface area contributed by atoms with Gasteiger partial charge in [-0.2, -0.15) is 0 Å². The summed E-state index contributed by atoms with van der Waals surface area (Å²) in [6.07, 6.45) is 0. The third-order valence-corrected chi connectivity index (χ3v) is 4.12. The fourth-order valence-electron chi connectivity index (χ4n) is 2.83. The molecule has 3 rings (SSSR count). The van der Waals surface area contributed by atoms with Crippen LogP contribution in [0.3, 0.4) is 0 Å². The van der Waals surface area contributed by atoms with Gasteiger partial charge in [0.1, 0.15) is 12.6 Å². The van der Waals surface area contributed by atoms with Gasteiger partial charge in [-0.05, 0) is 31.0 Å². The number of anilines is 1. The van der Waals surface area contributed by atoms with Gasteiger partial charge in [0.15, 0.2) is 0 Å². The number of aryl methyl sites for hydroxylation is 2. The molecule has 0 aliphatic carbocycles. The second-order valence-electron chi connectivity index (χ2n) is 6.08. The van der Waals surface area contributed by atoms with Gasteiger partial charge in [0, 0.05) is 5.69 Å². The first-order valence-electron chi connectivity index (χ1n) is 7.99. The Morgan fingerprint density at radius 3 is 2.52 bits per heavy atom. The molecule has 2 aromatic rings. The summed E-state index contributed by atoms with van der Waals surface area (Å²) in [4.78, 5) is 37.8. The molecule has 6 heteroatoms. The molecular formula is C19H19N3O3. The molecule has 0 spiro atoms. The van der Waals surface area contributed by atoms with Crippen LogP contribution in [0.4, 0.5) is 10.5 Å². The van der Waals surface area contributed by atoms with Gasteiger partial charge < -0.3 is 10.6 Å². The van der Waals surface area contributed by atoms with Crippen LogP contribution in [-0.2, 0) is 9.59 Å². The van der Waals surface area contributed by atoms with Gasteiger partial charge in [0.05, 0.1) is 0 Å². The standard InChI is InChI=1S/C19H19N3O3/c1-12-8-9-15(13(2)10-12)20-16(23)11-22-18(24)17(21-19(22)25)14-6-4-3-5-7-14/h3-10,17H,11H2,1-2H3,(H,20,23)(H,21,25). The maximum Gasteiger partial charge on any atom is 0.325 e. The number of carbonyl (C=O) groups excluding carboxylic acids is 3. The lowest BCUT2D eigenvalue weighted by Gasteiger charge is -2.14. The highest BCUT2D eigenvalue weighted by Gasteiger charge is 2.39. The van der Waals surface area contributed by atoms with Crippen molar-refractivity contribution in [2.75, 3.05) is 11.9 Å². The van der Waals surface area contributed by atoms with E-state index >= 15 is 0 Å². The molecule has 1 aliphatic heterocycles. The first kappa shape index (κ1) is 16.7. The van der Waals surface area contributed by atoms with Crippen molar-refractivity contribution in [2.24, 2.45) is 0 Å². The van der Waals surface area contributed by atoms with Crippen molar-refractivity contribution < 1.29 is 14.4 Å². The first-order chi connectivity index (χ1) is 12.0. The second kappa shape index (κ2) is 6.76. The zero-order valence-corrected chi connectivity index (χ0v) is 14.1. The zero-order valence-electron chi connectivity index (χ0n) is 14.1. The lowest BCUT2D eigenvalue weighted by Crippen LogP contribution is -2.38. The molecule has 1 saturated heterocycles. The van der Waals surface area contributed by atoms with E-state index in [2.05, 4.69) is 10.6 Å². The Morgan fingerprint density at radius 1 is 1.12 bits per heavy atom. The number of urea groups is 1. The molecule has 2 aromatic carbocycles. The molecule has 0 radical (unpaired) electrons. The summed E-state index contributed by atoms with van der Waals surface area (Å²) in [5, 5.41) is 5.36. The highest BCUT2D eigenvalue weighted by molar-refractivity contribution is 6.08. The van der Waals surface area contributed by atoms with E-state index < -0.39 is 23.9 Å². The van der Waals surface area contributed by atoms with E-state index in [9.17, 15) is 14.4 Å². The van der Waals surface area contributed by atoms with Crippen molar-refractivity contribution in [1.29, 1.82) is 0 Å². The van der Waals surface area contributed by atoms with Crippen LogP contribution in [0.25, 0.3) is 0 Å². The number of nitrogens with one attached hydrogen (secondary N) is 2. The number of nitrogens with zero attached hydrogens (tertiary/aromatic N) is 1. The van der Waals surface area contributed by atoms with Crippen molar-refractivity contribution in [3.05, 3.63) is 65.2 Å². The topological polar surface area (TPSA) is 78.5 Å². The third-order valence-electron chi connectivity index (χ3n) is 4.12. The summed E-state index contributed by atoms with van der Waals surface area (Å²) in [5.74, 6) is -0.837. The summed E-state index contributed by atoms with van der Waals surface area (Å²) in [5.41, 5.74) is 3.38. The molecule has 6 nitrogen and oxygen atoms in total. The largest absolute Gasteiger partial charge is 0.325 e. The van der Waals surface area contributed by atoms with Crippen LogP contribution in [0.5, 0.6) is 0 Å². The lowest BCUT2D eigenvalue weighted by molar-refractivity contribution is -0.130. The average molecular weight is 337 g/mol. The van der Waals surface area contributed by atoms with Crippen LogP contribution < -0.4 is 10.6 Å². The average Bonchev–Trinajstić information content (AvgIpc) is 2.86. The Labute approximate surface area is 145 Å². The Hall–Kier alpha value is -3.15. The van der Waals surface area contributed by atoms with Crippen molar-refractivity contribution >= 4 is 23.5 Å². The van der Waals surface area contributed by atoms with Crippen molar-refractivity contribution in [1.82, 2.24) is 10.2 Å². The summed E-state index contributed by atoms with van der Waals surface area (Å²) in [6.45, 7) is 3.54. The number of hydrogen-bond acceptors (Lipinski definition) is 3. The van der Waals surface area contributed by atoms with Crippen molar-refractivity contribution in [2.45, 2.75) is 19.9 Å². The minimum Gasteiger partial charge on any atom is -0.324 e. The molecule has 1 atom stereocenters. The molecule has 1 unspecified atom stereocenters. The van der Waals surface area contributed by atoms with Gasteiger partial charge in [-0.3, -0.25) is 14.5 Å².